The minimum atomic E-state index is -0.131. The second-order valence-electron chi connectivity index (χ2n) is 7.37. The molecule has 3 rings (SSSR count). The minimum Gasteiger partial charge on any atom is -0.392 e. The Morgan fingerprint density at radius 1 is 1.04 bits per heavy atom. The highest BCUT2D eigenvalue weighted by molar-refractivity contribution is 5.14. The zero-order chi connectivity index (χ0) is 15.9. The number of hydrogen-bond donors (Lipinski definition) is 2. The molecular formula is C20H32N2O. The second-order valence-corrected chi connectivity index (χ2v) is 7.37. The molecule has 1 unspecified atom stereocenters. The van der Waals surface area contributed by atoms with Crippen LogP contribution in [0.5, 0.6) is 0 Å². The summed E-state index contributed by atoms with van der Waals surface area (Å²) >= 11 is 0. The van der Waals surface area contributed by atoms with Crippen LogP contribution in [0.15, 0.2) is 30.3 Å². The van der Waals surface area contributed by atoms with E-state index in [-0.39, 0.29) is 6.10 Å². The average molecular weight is 316 g/mol. The zero-order valence-electron chi connectivity index (χ0n) is 14.3. The SMILES string of the molecule is OC(CNC1CCN(CCc2ccccc2)CC1)C1CCCC1. The Kier molecular flexibility index (Phi) is 6.49. The van der Waals surface area contributed by atoms with Gasteiger partial charge in [-0.15, -0.1) is 0 Å². The first-order valence-electron chi connectivity index (χ1n) is 9.49. The van der Waals surface area contributed by atoms with Gasteiger partial charge in [0.25, 0.3) is 0 Å². The Morgan fingerprint density at radius 2 is 1.74 bits per heavy atom. The van der Waals surface area contributed by atoms with Gasteiger partial charge in [-0.1, -0.05) is 43.2 Å². The average Bonchev–Trinajstić information content (AvgIpc) is 3.14. The summed E-state index contributed by atoms with van der Waals surface area (Å²) in [4.78, 5) is 2.58. The number of likely N-dealkylation sites (tertiary alicyclic amines) is 1. The van der Waals surface area contributed by atoms with Crippen molar-refractivity contribution in [3.05, 3.63) is 35.9 Å². The molecule has 0 bridgehead atoms. The van der Waals surface area contributed by atoms with Gasteiger partial charge in [-0.2, -0.15) is 0 Å². The highest BCUT2D eigenvalue weighted by atomic mass is 16.3. The van der Waals surface area contributed by atoms with Crippen molar-refractivity contribution in [3.8, 4) is 0 Å². The topological polar surface area (TPSA) is 35.5 Å². The van der Waals surface area contributed by atoms with E-state index in [4.69, 9.17) is 0 Å². The molecule has 128 valence electrons. The lowest BCUT2D eigenvalue weighted by atomic mass is 9.99. The molecule has 1 aliphatic heterocycles. The first kappa shape index (κ1) is 16.9. The lowest BCUT2D eigenvalue weighted by Crippen LogP contribution is -2.45. The summed E-state index contributed by atoms with van der Waals surface area (Å²) in [5, 5.41) is 13.9. The van der Waals surface area contributed by atoms with E-state index in [1.165, 1.54) is 63.7 Å². The van der Waals surface area contributed by atoms with Crippen molar-refractivity contribution in [1.82, 2.24) is 10.2 Å². The quantitative estimate of drug-likeness (QED) is 0.812. The fraction of sp³-hybridized carbons (Fsp3) is 0.700. The van der Waals surface area contributed by atoms with Crippen LogP contribution < -0.4 is 5.32 Å². The third-order valence-electron chi connectivity index (χ3n) is 5.71. The highest BCUT2D eigenvalue weighted by Crippen LogP contribution is 2.27. The summed E-state index contributed by atoms with van der Waals surface area (Å²) in [5.74, 6) is 0.550. The Labute approximate surface area is 141 Å². The van der Waals surface area contributed by atoms with Crippen molar-refractivity contribution in [2.45, 2.75) is 57.1 Å². The molecule has 2 aliphatic rings. The lowest BCUT2D eigenvalue weighted by Gasteiger charge is -2.33. The molecule has 3 nitrogen and oxygen atoms in total. The summed E-state index contributed by atoms with van der Waals surface area (Å²) < 4.78 is 0. The van der Waals surface area contributed by atoms with Gasteiger partial charge in [-0.05, 0) is 56.7 Å². The van der Waals surface area contributed by atoms with E-state index in [1.807, 2.05) is 0 Å². The van der Waals surface area contributed by atoms with Crippen LogP contribution >= 0.6 is 0 Å². The normalized spacial score (nSPS) is 22.5. The second kappa shape index (κ2) is 8.81. The molecule has 1 saturated heterocycles. The van der Waals surface area contributed by atoms with E-state index in [0.717, 1.165) is 13.0 Å². The Bertz CT molecular complexity index is 436. The van der Waals surface area contributed by atoms with Gasteiger partial charge in [0, 0.05) is 19.1 Å². The number of nitrogens with zero attached hydrogens (tertiary/aromatic N) is 1. The molecule has 1 aromatic carbocycles. The van der Waals surface area contributed by atoms with Gasteiger partial charge in [0.2, 0.25) is 0 Å². The van der Waals surface area contributed by atoms with E-state index in [9.17, 15) is 5.11 Å². The lowest BCUT2D eigenvalue weighted by molar-refractivity contribution is 0.0998. The van der Waals surface area contributed by atoms with Gasteiger partial charge in [0.05, 0.1) is 6.10 Å². The number of piperidine rings is 1. The Morgan fingerprint density at radius 3 is 2.43 bits per heavy atom. The van der Waals surface area contributed by atoms with Crippen molar-refractivity contribution in [3.63, 3.8) is 0 Å². The van der Waals surface area contributed by atoms with Gasteiger partial charge in [0.15, 0.2) is 0 Å². The van der Waals surface area contributed by atoms with E-state index in [1.54, 1.807) is 0 Å². The number of hydrogen-bond acceptors (Lipinski definition) is 3. The fourth-order valence-electron chi connectivity index (χ4n) is 4.09. The molecule has 2 N–H and O–H groups in total. The maximum atomic E-state index is 10.3. The molecule has 1 heterocycles. The van der Waals surface area contributed by atoms with E-state index in [2.05, 4.69) is 40.5 Å². The summed E-state index contributed by atoms with van der Waals surface area (Å²) in [7, 11) is 0. The van der Waals surface area contributed by atoms with Crippen LogP contribution in [0.4, 0.5) is 0 Å². The van der Waals surface area contributed by atoms with Crippen LogP contribution in [0.25, 0.3) is 0 Å². The summed E-state index contributed by atoms with van der Waals surface area (Å²) in [6.07, 6.45) is 8.51. The van der Waals surface area contributed by atoms with Crippen molar-refractivity contribution in [1.29, 1.82) is 0 Å². The third kappa shape index (κ3) is 5.30. The predicted octanol–water partition coefficient (Wildman–Crippen LogP) is 2.83. The molecule has 0 spiro atoms. The van der Waals surface area contributed by atoms with Gasteiger partial charge in [-0.3, -0.25) is 0 Å². The van der Waals surface area contributed by atoms with Crippen molar-refractivity contribution in [2.75, 3.05) is 26.2 Å². The predicted molar refractivity (Wildman–Crippen MR) is 95.6 cm³/mol. The van der Waals surface area contributed by atoms with Crippen LogP contribution in [0.3, 0.4) is 0 Å². The number of aliphatic hydroxyl groups is 1. The van der Waals surface area contributed by atoms with Gasteiger partial charge in [0.1, 0.15) is 0 Å². The zero-order valence-corrected chi connectivity index (χ0v) is 14.3. The van der Waals surface area contributed by atoms with E-state index in [0.29, 0.717) is 12.0 Å². The maximum Gasteiger partial charge on any atom is 0.0692 e. The van der Waals surface area contributed by atoms with Crippen LogP contribution in [0.2, 0.25) is 0 Å². The van der Waals surface area contributed by atoms with Crippen molar-refractivity contribution < 1.29 is 5.11 Å². The summed E-state index contributed by atoms with van der Waals surface area (Å²) in [6, 6.07) is 11.4. The van der Waals surface area contributed by atoms with Crippen LogP contribution in [0, 0.1) is 5.92 Å². The minimum absolute atomic E-state index is 0.131. The van der Waals surface area contributed by atoms with Crippen molar-refractivity contribution >= 4 is 0 Å². The number of nitrogens with one attached hydrogen (secondary N) is 1. The highest BCUT2D eigenvalue weighted by Gasteiger charge is 2.24. The first-order chi connectivity index (χ1) is 11.3. The number of benzene rings is 1. The fourth-order valence-corrected chi connectivity index (χ4v) is 4.09. The molecule has 23 heavy (non-hydrogen) atoms. The van der Waals surface area contributed by atoms with E-state index >= 15 is 0 Å². The molecule has 1 aliphatic carbocycles. The van der Waals surface area contributed by atoms with Crippen LogP contribution in [-0.2, 0) is 6.42 Å². The molecule has 0 radical (unpaired) electrons. The molecule has 0 aromatic heterocycles. The molecular weight excluding hydrogens is 284 g/mol. The molecule has 3 heteroatoms. The van der Waals surface area contributed by atoms with Crippen molar-refractivity contribution in [2.24, 2.45) is 5.92 Å². The number of aliphatic hydroxyl groups excluding tert-OH is 1. The number of rotatable bonds is 7. The summed E-state index contributed by atoms with van der Waals surface area (Å²) in [5.41, 5.74) is 1.44. The van der Waals surface area contributed by atoms with Gasteiger partial charge >= 0.3 is 0 Å². The van der Waals surface area contributed by atoms with Crippen LogP contribution in [-0.4, -0.2) is 48.3 Å². The molecule has 1 saturated carbocycles. The third-order valence-corrected chi connectivity index (χ3v) is 5.71. The smallest absolute Gasteiger partial charge is 0.0692 e. The molecule has 2 fully saturated rings. The molecule has 0 amide bonds. The standard InChI is InChI=1S/C20H32N2O/c23-20(18-8-4-5-9-18)16-21-19-11-14-22(15-12-19)13-10-17-6-2-1-3-7-17/h1-3,6-7,18-21,23H,4-5,8-16H2. The Hall–Kier alpha value is -0.900. The largest absolute Gasteiger partial charge is 0.392 e. The van der Waals surface area contributed by atoms with E-state index < -0.39 is 0 Å². The maximum absolute atomic E-state index is 10.3. The molecule has 1 aromatic rings. The van der Waals surface area contributed by atoms with Gasteiger partial charge in [-0.25, -0.2) is 0 Å². The van der Waals surface area contributed by atoms with Gasteiger partial charge < -0.3 is 15.3 Å². The summed E-state index contributed by atoms with van der Waals surface area (Å²) in [6.45, 7) is 4.33. The first-order valence-corrected chi connectivity index (χ1v) is 9.49. The Balaban J connectivity index is 1.30. The van der Waals surface area contributed by atoms with Crippen LogP contribution in [0.1, 0.15) is 44.1 Å². The molecule has 1 atom stereocenters. The monoisotopic (exact) mass is 316 g/mol.